The molecule has 4 rings (SSSR count). The highest BCUT2D eigenvalue weighted by molar-refractivity contribution is 5.94. The lowest BCUT2D eigenvalue weighted by atomic mass is 10.2. The second-order valence-corrected chi connectivity index (χ2v) is 6.55. The molecule has 0 aliphatic carbocycles. The van der Waals surface area contributed by atoms with Crippen molar-refractivity contribution < 1.29 is 14.3 Å². The van der Waals surface area contributed by atoms with Crippen LogP contribution >= 0.6 is 0 Å². The first kappa shape index (κ1) is 17.8. The molecule has 1 aromatic carbocycles. The average molecular weight is 385 g/mol. The van der Waals surface area contributed by atoms with Crippen LogP contribution in [0.15, 0.2) is 34.1 Å². The van der Waals surface area contributed by atoms with Crippen molar-refractivity contribution in [2.24, 2.45) is 14.1 Å². The van der Waals surface area contributed by atoms with Gasteiger partial charge in [-0.1, -0.05) is 0 Å². The maximum absolute atomic E-state index is 12.8. The highest BCUT2D eigenvalue weighted by atomic mass is 16.6. The molecule has 0 saturated carbocycles. The number of hydrogen-bond donors (Lipinski definition) is 1. The molecule has 0 spiro atoms. The minimum Gasteiger partial charge on any atom is -0.486 e. The van der Waals surface area contributed by atoms with E-state index in [0.717, 1.165) is 4.57 Å². The van der Waals surface area contributed by atoms with Gasteiger partial charge in [-0.15, -0.1) is 0 Å². The van der Waals surface area contributed by atoms with Gasteiger partial charge in [-0.2, -0.15) is 0 Å². The van der Waals surface area contributed by atoms with Gasteiger partial charge >= 0.3 is 5.69 Å². The average Bonchev–Trinajstić information content (AvgIpc) is 3.15. The Balaban J connectivity index is 1.66. The minimum atomic E-state index is -0.733. The molecular formula is C18H19N5O5. The number of nitrogens with zero attached hydrogens (tertiary/aromatic N) is 4. The van der Waals surface area contributed by atoms with Gasteiger partial charge in [0.05, 0.1) is 6.33 Å². The van der Waals surface area contributed by atoms with Crippen molar-refractivity contribution in [3.05, 3.63) is 45.4 Å². The van der Waals surface area contributed by atoms with Crippen LogP contribution in [0.3, 0.4) is 0 Å². The van der Waals surface area contributed by atoms with E-state index in [9.17, 15) is 14.4 Å². The van der Waals surface area contributed by atoms with E-state index < -0.39 is 17.3 Å². The van der Waals surface area contributed by atoms with E-state index in [1.807, 2.05) is 0 Å². The maximum Gasteiger partial charge on any atom is 0.332 e. The standard InChI is InChI=1S/C18H19N5O5/c1-10(16(24)20-11-4-5-12-13(8-11)28-7-6-27-12)23-9-19-15-14(23)17(25)22(3)18(26)21(15)2/h4-5,8-10H,6-7H2,1-3H3,(H,20,24)/t10-/m1/s1. The zero-order valence-corrected chi connectivity index (χ0v) is 15.6. The van der Waals surface area contributed by atoms with E-state index in [4.69, 9.17) is 9.47 Å². The van der Waals surface area contributed by atoms with Gasteiger partial charge in [-0.25, -0.2) is 9.78 Å². The molecule has 3 aromatic rings. The third kappa shape index (κ3) is 2.73. The number of carbonyl (C=O) groups excluding carboxylic acids is 1. The van der Waals surface area contributed by atoms with Crippen LogP contribution in [0.2, 0.25) is 0 Å². The molecule has 10 nitrogen and oxygen atoms in total. The highest BCUT2D eigenvalue weighted by Crippen LogP contribution is 2.32. The van der Waals surface area contributed by atoms with Crippen molar-refractivity contribution in [1.82, 2.24) is 18.7 Å². The molecule has 2 aromatic heterocycles. The Morgan fingerprint density at radius 1 is 1.14 bits per heavy atom. The van der Waals surface area contributed by atoms with Crippen LogP contribution in [0.5, 0.6) is 11.5 Å². The van der Waals surface area contributed by atoms with Crippen molar-refractivity contribution in [2.75, 3.05) is 18.5 Å². The van der Waals surface area contributed by atoms with Crippen LogP contribution in [0, 0.1) is 0 Å². The number of nitrogens with one attached hydrogen (secondary N) is 1. The van der Waals surface area contributed by atoms with Crippen LogP contribution < -0.4 is 26.0 Å². The van der Waals surface area contributed by atoms with Gasteiger partial charge in [-0.3, -0.25) is 18.7 Å². The number of anilines is 1. The Kier molecular flexibility index (Phi) is 4.17. The summed E-state index contributed by atoms with van der Waals surface area (Å²) in [5, 5.41) is 2.80. The molecule has 1 atom stereocenters. The van der Waals surface area contributed by atoms with Gasteiger partial charge < -0.3 is 19.4 Å². The van der Waals surface area contributed by atoms with E-state index in [0.29, 0.717) is 30.4 Å². The molecule has 0 bridgehead atoms. The summed E-state index contributed by atoms with van der Waals surface area (Å²) in [6, 6.07) is 4.40. The van der Waals surface area contributed by atoms with Gasteiger partial charge in [0.1, 0.15) is 19.3 Å². The number of carbonyl (C=O) groups is 1. The van der Waals surface area contributed by atoms with Crippen LogP contribution in [0.25, 0.3) is 11.2 Å². The fraction of sp³-hybridized carbons (Fsp3) is 0.333. The van der Waals surface area contributed by atoms with Crippen LogP contribution in [-0.2, 0) is 18.9 Å². The summed E-state index contributed by atoms with van der Waals surface area (Å²) in [4.78, 5) is 41.5. The van der Waals surface area contributed by atoms with Crippen molar-refractivity contribution in [3.63, 3.8) is 0 Å². The molecule has 1 aliphatic rings. The number of fused-ring (bicyclic) bond motifs is 2. The van der Waals surface area contributed by atoms with Gasteiger partial charge in [0.15, 0.2) is 22.7 Å². The number of amides is 1. The summed E-state index contributed by atoms with van der Waals surface area (Å²) in [6.07, 6.45) is 1.39. The summed E-state index contributed by atoms with van der Waals surface area (Å²) in [5.74, 6) is 0.850. The van der Waals surface area contributed by atoms with Gasteiger partial charge in [-0.05, 0) is 19.1 Å². The fourth-order valence-corrected chi connectivity index (χ4v) is 3.15. The molecule has 146 valence electrons. The third-order valence-corrected chi connectivity index (χ3v) is 4.78. The smallest absolute Gasteiger partial charge is 0.332 e. The summed E-state index contributed by atoms with van der Waals surface area (Å²) in [6.45, 7) is 2.59. The lowest BCUT2D eigenvalue weighted by Gasteiger charge is -2.20. The van der Waals surface area contributed by atoms with Gasteiger partial charge in [0.2, 0.25) is 5.91 Å². The number of imidazole rings is 1. The number of ether oxygens (including phenoxy) is 2. The van der Waals surface area contributed by atoms with E-state index >= 15 is 0 Å². The van der Waals surface area contributed by atoms with E-state index in [1.54, 1.807) is 25.1 Å². The summed E-state index contributed by atoms with van der Waals surface area (Å²) < 4.78 is 14.7. The largest absolute Gasteiger partial charge is 0.486 e. The molecule has 28 heavy (non-hydrogen) atoms. The zero-order valence-electron chi connectivity index (χ0n) is 15.6. The second-order valence-electron chi connectivity index (χ2n) is 6.55. The molecule has 0 unspecified atom stereocenters. The van der Waals surface area contributed by atoms with Crippen LogP contribution in [0.4, 0.5) is 5.69 Å². The lowest BCUT2D eigenvalue weighted by molar-refractivity contribution is -0.118. The van der Waals surface area contributed by atoms with Crippen molar-refractivity contribution >= 4 is 22.8 Å². The van der Waals surface area contributed by atoms with Gasteiger partial charge in [0, 0.05) is 25.8 Å². The Hall–Kier alpha value is -3.56. The second kappa shape index (κ2) is 6.55. The molecule has 10 heteroatoms. The van der Waals surface area contributed by atoms with Crippen molar-refractivity contribution in [3.8, 4) is 11.5 Å². The number of aryl methyl sites for hydroxylation is 1. The van der Waals surface area contributed by atoms with E-state index in [-0.39, 0.29) is 17.1 Å². The van der Waals surface area contributed by atoms with E-state index in [2.05, 4.69) is 10.3 Å². The number of hydrogen-bond acceptors (Lipinski definition) is 6. The van der Waals surface area contributed by atoms with Crippen molar-refractivity contribution in [1.29, 1.82) is 0 Å². The van der Waals surface area contributed by atoms with Crippen LogP contribution in [0.1, 0.15) is 13.0 Å². The number of aromatic nitrogens is 4. The monoisotopic (exact) mass is 385 g/mol. The minimum absolute atomic E-state index is 0.189. The number of benzene rings is 1. The Morgan fingerprint density at radius 3 is 2.61 bits per heavy atom. The molecule has 3 heterocycles. The highest BCUT2D eigenvalue weighted by Gasteiger charge is 2.22. The molecule has 1 amide bonds. The Bertz CT molecular complexity index is 1210. The van der Waals surface area contributed by atoms with Crippen molar-refractivity contribution in [2.45, 2.75) is 13.0 Å². The molecule has 1 aliphatic heterocycles. The molecule has 0 saturated heterocycles. The predicted octanol–water partition coefficient (Wildman–Crippen LogP) is 0.405. The van der Waals surface area contributed by atoms with Gasteiger partial charge in [0.25, 0.3) is 5.56 Å². The first-order valence-electron chi connectivity index (χ1n) is 8.71. The maximum atomic E-state index is 12.8. The summed E-state index contributed by atoms with van der Waals surface area (Å²) >= 11 is 0. The molecule has 0 radical (unpaired) electrons. The normalized spacial score (nSPS) is 14.1. The third-order valence-electron chi connectivity index (χ3n) is 4.78. The summed E-state index contributed by atoms with van der Waals surface area (Å²) in [5.41, 5.74) is -0.0157. The quantitative estimate of drug-likeness (QED) is 0.699. The first-order chi connectivity index (χ1) is 13.4. The SMILES string of the molecule is C[C@H](C(=O)Nc1ccc2c(c1)OCCO2)n1cnc2c1c(=O)n(C)c(=O)n2C. The Morgan fingerprint density at radius 2 is 1.86 bits per heavy atom. The zero-order chi connectivity index (χ0) is 20.0. The topological polar surface area (TPSA) is 109 Å². The molecule has 0 fully saturated rings. The molecule has 1 N–H and O–H groups in total. The lowest BCUT2D eigenvalue weighted by Crippen LogP contribution is -2.38. The van der Waals surface area contributed by atoms with Crippen LogP contribution in [-0.4, -0.2) is 37.8 Å². The first-order valence-corrected chi connectivity index (χ1v) is 8.71. The predicted molar refractivity (Wildman–Crippen MR) is 101 cm³/mol. The van der Waals surface area contributed by atoms with E-state index in [1.165, 1.54) is 29.6 Å². The number of rotatable bonds is 3. The molecular weight excluding hydrogens is 366 g/mol. The fourth-order valence-electron chi connectivity index (χ4n) is 3.15. The Labute approximate surface area is 158 Å². The summed E-state index contributed by atoms with van der Waals surface area (Å²) in [7, 11) is 2.92.